The van der Waals surface area contributed by atoms with Crippen molar-refractivity contribution >= 4 is 11.8 Å². The van der Waals surface area contributed by atoms with Gasteiger partial charge in [-0.3, -0.25) is 4.57 Å². The smallest absolute Gasteiger partial charge is 0.196 e. The lowest BCUT2D eigenvalue weighted by Crippen LogP contribution is -2.04. The second-order valence-electron chi connectivity index (χ2n) is 6.18. The minimum Gasteiger partial charge on any atom is -0.497 e. The van der Waals surface area contributed by atoms with E-state index in [9.17, 15) is 0 Å². The molecule has 0 N–H and O–H groups in total. The normalized spacial score (nSPS) is 10.9. The van der Waals surface area contributed by atoms with Gasteiger partial charge >= 0.3 is 0 Å². The molecule has 0 amide bonds. The highest BCUT2D eigenvalue weighted by molar-refractivity contribution is 7.99. The molecule has 0 aliphatic carbocycles. The molecule has 0 aliphatic heterocycles. The van der Waals surface area contributed by atoms with Crippen LogP contribution < -0.4 is 4.74 Å². The molecule has 0 atom stereocenters. The quantitative estimate of drug-likeness (QED) is 0.418. The van der Waals surface area contributed by atoms with E-state index in [-0.39, 0.29) is 0 Å². The van der Waals surface area contributed by atoms with Crippen molar-refractivity contribution in [1.29, 1.82) is 0 Å². The lowest BCUT2D eigenvalue weighted by Gasteiger charge is -2.16. The Balaban J connectivity index is 2.17. The molecule has 0 unspecified atom stereocenters. The molecule has 0 saturated heterocycles. The standard InChI is InChI=1S/C21H23N3OS/c1-5-14-26-21-23-22-20(16-10-12-17(25-4)13-11-16)24(21)19-9-7-6-8-18(19)15(2)3/h5-13,15H,1,14H2,2-4H3. The fourth-order valence-electron chi connectivity index (χ4n) is 2.82. The first-order valence-corrected chi connectivity index (χ1v) is 9.57. The second-order valence-corrected chi connectivity index (χ2v) is 7.17. The molecule has 0 aliphatic rings. The highest BCUT2D eigenvalue weighted by atomic mass is 32.2. The Hall–Kier alpha value is -2.53. The number of benzene rings is 2. The Labute approximate surface area is 158 Å². The van der Waals surface area contributed by atoms with Crippen molar-refractivity contribution in [3.63, 3.8) is 0 Å². The largest absolute Gasteiger partial charge is 0.497 e. The lowest BCUT2D eigenvalue weighted by atomic mass is 10.0. The summed E-state index contributed by atoms with van der Waals surface area (Å²) in [6.07, 6.45) is 1.88. The number of aromatic nitrogens is 3. The number of hydrogen-bond acceptors (Lipinski definition) is 4. The Morgan fingerprint density at radius 2 is 1.85 bits per heavy atom. The van der Waals surface area contributed by atoms with Gasteiger partial charge < -0.3 is 4.74 Å². The minimum absolute atomic E-state index is 0.398. The fourth-order valence-corrected chi connectivity index (χ4v) is 3.50. The van der Waals surface area contributed by atoms with E-state index >= 15 is 0 Å². The van der Waals surface area contributed by atoms with Crippen molar-refractivity contribution in [3.05, 3.63) is 66.7 Å². The summed E-state index contributed by atoms with van der Waals surface area (Å²) in [4.78, 5) is 0. The number of methoxy groups -OCH3 is 1. The Morgan fingerprint density at radius 3 is 2.50 bits per heavy atom. The van der Waals surface area contributed by atoms with Gasteiger partial charge in [-0.25, -0.2) is 0 Å². The molecule has 5 heteroatoms. The first-order chi connectivity index (χ1) is 12.7. The predicted octanol–water partition coefficient (Wildman–Crippen LogP) is 5.34. The Bertz CT molecular complexity index is 885. The van der Waals surface area contributed by atoms with Gasteiger partial charge in [0.2, 0.25) is 0 Å². The second kappa shape index (κ2) is 8.23. The van der Waals surface area contributed by atoms with E-state index < -0.39 is 0 Å². The number of rotatable bonds is 7. The van der Waals surface area contributed by atoms with Crippen LogP contribution in [0.3, 0.4) is 0 Å². The maximum Gasteiger partial charge on any atom is 0.196 e. The molecule has 3 rings (SSSR count). The molecule has 0 radical (unpaired) electrons. The molecular formula is C21H23N3OS. The fraction of sp³-hybridized carbons (Fsp3) is 0.238. The molecule has 0 spiro atoms. The average molecular weight is 366 g/mol. The van der Waals surface area contributed by atoms with Gasteiger partial charge in [-0.2, -0.15) is 0 Å². The van der Waals surface area contributed by atoms with Crippen LogP contribution in [-0.4, -0.2) is 27.6 Å². The molecule has 4 nitrogen and oxygen atoms in total. The highest BCUT2D eigenvalue weighted by Crippen LogP contribution is 2.32. The van der Waals surface area contributed by atoms with Crippen LogP contribution in [0, 0.1) is 0 Å². The van der Waals surface area contributed by atoms with Crippen molar-refractivity contribution in [3.8, 4) is 22.8 Å². The van der Waals surface area contributed by atoms with Gasteiger partial charge in [0, 0.05) is 11.3 Å². The van der Waals surface area contributed by atoms with Gasteiger partial charge in [0.15, 0.2) is 11.0 Å². The van der Waals surface area contributed by atoms with E-state index in [1.165, 1.54) is 5.56 Å². The van der Waals surface area contributed by atoms with Crippen molar-refractivity contribution in [2.45, 2.75) is 24.9 Å². The third kappa shape index (κ3) is 3.68. The Kier molecular flexibility index (Phi) is 5.78. The monoisotopic (exact) mass is 365 g/mol. The number of ether oxygens (including phenoxy) is 1. The predicted molar refractivity (Wildman–Crippen MR) is 108 cm³/mol. The van der Waals surface area contributed by atoms with Gasteiger partial charge in [0.25, 0.3) is 0 Å². The van der Waals surface area contributed by atoms with E-state index in [0.717, 1.165) is 33.7 Å². The first-order valence-electron chi connectivity index (χ1n) is 8.58. The lowest BCUT2D eigenvalue weighted by molar-refractivity contribution is 0.415. The molecule has 1 heterocycles. The maximum absolute atomic E-state index is 5.27. The third-order valence-corrected chi connectivity index (χ3v) is 5.04. The summed E-state index contributed by atoms with van der Waals surface area (Å²) in [5.41, 5.74) is 3.38. The van der Waals surface area contributed by atoms with Gasteiger partial charge in [-0.05, 0) is 41.8 Å². The van der Waals surface area contributed by atoms with Gasteiger partial charge in [-0.15, -0.1) is 16.8 Å². The van der Waals surface area contributed by atoms with Gasteiger partial charge in [0.1, 0.15) is 5.75 Å². The van der Waals surface area contributed by atoms with Crippen LogP contribution in [0.5, 0.6) is 5.75 Å². The summed E-state index contributed by atoms with van der Waals surface area (Å²) in [5.74, 6) is 2.83. The SMILES string of the molecule is C=CCSc1nnc(-c2ccc(OC)cc2)n1-c1ccccc1C(C)C. The maximum atomic E-state index is 5.27. The number of nitrogens with zero attached hydrogens (tertiary/aromatic N) is 3. The van der Waals surface area contributed by atoms with Gasteiger partial charge in [-0.1, -0.05) is 49.9 Å². The third-order valence-electron chi connectivity index (χ3n) is 4.11. The first kappa shape index (κ1) is 18.3. The Morgan fingerprint density at radius 1 is 1.12 bits per heavy atom. The van der Waals surface area contributed by atoms with Crippen LogP contribution in [0.15, 0.2) is 66.3 Å². The number of para-hydroxylation sites is 1. The summed E-state index contributed by atoms with van der Waals surface area (Å²) in [5, 5.41) is 9.80. The summed E-state index contributed by atoms with van der Waals surface area (Å²) in [6, 6.07) is 16.3. The van der Waals surface area contributed by atoms with Crippen molar-refractivity contribution < 1.29 is 4.74 Å². The highest BCUT2D eigenvalue weighted by Gasteiger charge is 2.19. The number of hydrogen-bond donors (Lipinski definition) is 0. The van der Waals surface area contributed by atoms with E-state index in [1.54, 1.807) is 18.9 Å². The van der Waals surface area contributed by atoms with E-state index in [4.69, 9.17) is 4.74 Å². The van der Waals surface area contributed by atoms with Crippen LogP contribution in [0.25, 0.3) is 17.1 Å². The molecule has 0 bridgehead atoms. The van der Waals surface area contributed by atoms with Crippen molar-refractivity contribution in [2.75, 3.05) is 12.9 Å². The van der Waals surface area contributed by atoms with Crippen LogP contribution in [-0.2, 0) is 0 Å². The van der Waals surface area contributed by atoms with E-state index in [0.29, 0.717) is 5.92 Å². The topological polar surface area (TPSA) is 39.9 Å². The minimum atomic E-state index is 0.398. The van der Waals surface area contributed by atoms with Crippen LogP contribution >= 0.6 is 11.8 Å². The zero-order valence-corrected chi connectivity index (χ0v) is 16.2. The van der Waals surface area contributed by atoms with Crippen molar-refractivity contribution in [1.82, 2.24) is 14.8 Å². The summed E-state index contributed by atoms with van der Waals surface area (Å²) >= 11 is 1.63. The summed E-state index contributed by atoms with van der Waals surface area (Å²) in [7, 11) is 1.67. The van der Waals surface area contributed by atoms with E-state index in [2.05, 4.69) is 59.5 Å². The number of thioether (sulfide) groups is 1. The van der Waals surface area contributed by atoms with Crippen molar-refractivity contribution in [2.24, 2.45) is 0 Å². The molecule has 1 aromatic heterocycles. The molecular weight excluding hydrogens is 342 g/mol. The van der Waals surface area contributed by atoms with Crippen LogP contribution in [0.1, 0.15) is 25.3 Å². The van der Waals surface area contributed by atoms with Crippen LogP contribution in [0.2, 0.25) is 0 Å². The molecule has 0 fully saturated rings. The van der Waals surface area contributed by atoms with Crippen LogP contribution in [0.4, 0.5) is 0 Å². The van der Waals surface area contributed by atoms with Gasteiger partial charge in [0.05, 0.1) is 12.8 Å². The van der Waals surface area contributed by atoms with E-state index in [1.807, 2.05) is 30.3 Å². The molecule has 3 aromatic rings. The summed E-state index contributed by atoms with van der Waals surface area (Å²) in [6.45, 7) is 8.22. The molecule has 134 valence electrons. The molecule has 2 aromatic carbocycles. The zero-order chi connectivity index (χ0) is 18.5. The molecule has 26 heavy (non-hydrogen) atoms. The zero-order valence-electron chi connectivity index (χ0n) is 15.3. The molecule has 0 saturated carbocycles. The average Bonchev–Trinajstić information content (AvgIpc) is 3.10. The summed E-state index contributed by atoms with van der Waals surface area (Å²) < 4.78 is 7.41.